The summed E-state index contributed by atoms with van der Waals surface area (Å²) in [5.74, 6) is 2.95. The van der Waals surface area contributed by atoms with Gasteiger partial charge in [0.2, 0.25) is 0 Å². The molecular weight excluding hydrogens is 304 g/mol. The Labute approximate surface area is 148 Å². The van der Waals surface area contributed by atoms with E-state index in [-0.39, 0.29) is 17.6 Å². The first-order chi connectivity index (χ1) is 12.2. The Morgan fingerprint density at radius 3 is 1.88 bits per heavy atom. The van der Waals surface area contributed by atoms with Crippen molar-refractivity contribution in [2.75, 3.05) is 0 Å². The zero-order valence-corrected chi connectivity index (χ0v) is 14.1. The predicted octanol–water partition coefficient (Wildman–Crippen LogP) is 5.09. The normalized spacial score (nSPS) is 14.3. The number of terminal acetylenes is 1. The van der Waals surface area contributed by atoms with Gasteiger partial charge in [-0.3, -0.25) is 4.79 Å². The van der Waals surface area contributed by atoms with Crippen LogP contribution in [0.2, 0.25) is 0 Å². The van der Waals surface area contributed by atoms with Crippen molar-refractivity contribution in [1.82, 2.24) is 0 Å². The van der Waals surface area contributed by atoms with Gasteiger partial charge in [0, 0.05) is 17.0 Å². The minimum Gasteiger partial charge on any atom is -0.289 e. The minimum absolute atomic E-state index is 0.0159. The van der Waals surface area contributed by atoms with E-state index in [0.29, 0.717) is 0 Å². The first-order valence-corrected chi connectivity index (χ1v) is 8.46. The van der Waals surface area contributed by atoms with E-state index in [0.717, 1.165) is 27.8 Å². The second-order valence-corrected chi connectivity index (χ2v) is 6.54. The molecule has 1 atom stereocenters. The lowest BCUT2D eigenvalue weighted by molar-refractivity contribution is 0.103. The van der Waals surface area contributed by atoms with E-state index in [1.54, 1.807) is 0 Å². The highest BCUT2D eigenvalue weighted by molar-refractivity contribution is 6.12. The first-order valence-electron chi connectivity index (χ1n) is 8.46. The molecule has 0 radical (unpaired) electrons. The zero-order chi connectivity index (χ0) is 17.4. The quantitative estimate of drug-likeness (QED) is 0.601. The molecular formula is C24H18O. The third kappa shape index (κ3) is 2.47. The van der Waals surface area contributed by atoms with Crippen molar-refractivity contribution in [2.24, 2.45) is 0 Å². The maximum absolute atomic E-state index is 12.9. The summed E-state index contributed by atoms with van der Waals surface area (Å²) in [5.41, 5.74) is 5.89. The lowest BCUT2D eigenvalue weighted by atomic mass is 9.70. The van der Waals surface area contributed by atoms with Crippen molar-refractivity contribution in [3.63, 3.8) is 0 Å². The largest absolute Gasteiger partial charge is 0.289 e. The van der Waals surface area contributed by atoms with Gasteiger partial charge >= 0.3 is 0 Å². The van der Waals surface area contributed by atoms with Gasteiger partial charge in [-0.25, -0.2) is 0 Å². The molecule has 3 aromatic carbocycles. The van der Waals surface area contributed by atoms with Gasteiger partial charge in [-0.15, -0.1) is 6.42 Å². The Hall–Kier alpha value is -3.11. The molecule has 0 bridgehead atoms. The third-order valence-electron chi connectivity index (χ3n) is 5.03. The maximum Gasteiger partial charge on any atom is 0.193 e. The summed E-state index contributed by atoms with van der Waals surface area (Å²) in [5, 5.41) is 0. The van der Waals surface area contributed by atoms with E-state index >= 15 is 0 Å². The Morgan fingerprint density at radius 2 is 1.36 bits per heavy atom. The summed E-state index contributed by atoms with van der Waals surface area (Å²) in [6.07, 6.45) is 5.99. The van der Waals surface area contributed by atoms with Gasteiger partial charge in [0.1, 0.15) is 0 Å². The fourth-order valence-electron chi connectivity index (χ4n) is 3.78. The monoisotopic (exact) mass is 322 g/mol. The molecule has 0 saturated carbocycles. The lowest BCUT2D eigenvalue weighted by Gasteiger charge is -2.31. The number of carbonyl (C=O) groups is 1. The summed E-state index contributed by atoms with van der Waals surface area (Å²) in [6.45, 7) is 2.07. The average Bonchev–Trinajstić information content (AvgIpc) is 2.66. The van der Waals surface area contributed by atoms with Gasteiger partial charge < -0.3 is 0 Å². The zero-order valence-electron chi connectivity index (χ0n) is 14.1. The van der Waals surface area contributed by atoms with Crippen molar-refractivity contribution >= 4 is 5.78 Å². The van der Waals surface area contributed by atoms with Gasteiger partial charge in [-0.2, -0.15) is 0 Å². The van der Waals surface area contributed by atoms with Crippen LogP contribution in [0.15, 0.2) is 72.8 Å². The van der Waals surface area contributed by atoms with E-state index in [9.17, 15) is 4.79 Å². The highest BCUT2D eigenvalue weighted by Gasteiger charge is 2.35. The Balaban J connectivity index is 1.95. The fourth-order valence-corrected chi connectivity index (χ4v) is 3.78. The number of benzene rings is 3. The molecule has 0 saturated heterocycles. The Morgan fingerprint density at radius 1 is 0.840 bits per heavy atom. The van der Waals surface area contributed by atoms with Crippen LogP contribution in [0.3, 0.4) is 0 Å². The number of rotatable bonds is 2. The predicted molar refractivity (Wildman–Crippen MR) is 101 cm³/mol. The van der Waals surface area contributed by atoms with Gasteiger partial charge in [-0.1, -0.05) is 84.3 Å². The van der Waals surface area contributed by atoms with Crippen LogP contribution in [0.1, 0.15) is 50.0 Å². The van der Waals surface area contributed by atoms with Crippen LogP contribution >= 0.6 is 0 Å². The maximum atomic E-state index is 12.9. The number of hydrogen-bond acceptors (Lipinski definition) is 1. The summed E-state index contributed by atoms with van der Waals surface area (Å²) in [7, 11) is 0. The number of aryl methyl sites for hydroxylation is 1. The molecule has 0 unspecified atom stereocenters. The van der Waals surface area contributed by atoms with Crippen LogP contribution in [-0.2, 0) is 0 Å². The van der Waals surface area contributed by atoms with Crippen molar-refractivity contribution < 1.29 is 4.79 Å². The molecule has 0 fully saturated rings. The number of hydrogen-bond donors (Lipinski definition) is 0. The van der Waals surface area contributed by atoms with E-state index in [1.807, 2.05) is 48.5 Å². The van der Waals surface area contributed by atoms with Crippen molar-refractivity contribution in [3.8, 4) is 12.3 Å². The lowest BCUT2D eigenvalue weighted by Crippen LogP contribution is -2.23. The van der Waals surface area contributed by atoms with Crippen molar-refractivity contribution in [3.05, 3.63) is 106 Å². The highest BCUT2D eigenvalue weighted by Crippen LogP contribution is 2.44. The van der Waals surface area contributed by atoms with Crippen LogP contribution in [0.5, 0.6) is 0 Å². The number of ketones is 1. The molecule has 4 rings (SSSR count). The molecule has 1 aliphatic carbocycles. The fraction of sp³-hybridized carbons (Fsp3) is 0.125. The molecule has 3 aromatic rings. The average molecular weight is 322 g/mol. The Bertz CT molecular complexity index is 940. The molecule has 1 heteroatoms. The number of carbonyl (C=O) groups excluding carboxylic acids is 1. The smallest absolute Gasteiger partial charge is 0.193 e. The van der Waals surface area contributed by atoms with Crippen LogP contribution in [0.25, 0.3) is 0 Å². The van der Waals surface area contributed by atoms with Gasteiger partial charge in [0.25, 0.3) is 0 Å². The molecule has 0 amide bonds. The van der Waals surface area contributed by atoms with Crippen LogP contribution in [0.4, 0.5) is 0 Å². The van der Waals surface area contributed by atoms with Crippen LogP contribution < -0.4 is 0 Å². The van der Waals surface area contributed by atoms with E-state index in [4.69, 9.17) is 6.42 Å². The second-order valence-electron chi connectivity index (χ2n) is 6.54. The second kappa shape index (κ2) is 6.07. The van der Waals surface area contributed by atoms with Crippen LogP contribution in [0, 0.1) is 19.3 Å². The molecule has 1 aliphatic rings. The van der Waals surface area contributed by atoms with E-state index < -0.39 is 0 Å². The molecule has 120 valence electrons. The van der Waals surface area contributed by atoms with E-state index in [2.05, 4.69) is 37.1 Å². The summed E-state index contributed by atoms with van der Waals surface area (Å²) < 4.78 is 0. The SMILES string of the molecule is C#C[C@@H](c1ccc(C)cc1)C1c2ccccc2C(=O)c2ccccc21. The molecule has 0 heterocycles. The van der Waals surface area contributed by atoms with Gasteiger partial charge in [0.15, 0.2) is 5.78 Å². The molecule has 1 nitrogen and oxygen atoms in total. The topological polar surface area (TPSA) is 17.1 Å². The van der Waals surface area contributed by atoms with Crippen molar-refractivity contribution in [2.45, 2.75) is 18.8 Å². The Kier molecular flexibility index (Phi) is 3.75. The highest BCUT2D eigenvalue weighted by atomic mass is 16.1. The first kappa shape index (κ1) is 15.4. The number of fused-ring (bicyclic) bond motifs is 2. The van der Waals surface area contributed by atoms with Gasteiger partial charge in [-0.05, 0) is 23.6 Å². The van der Waals surface area contributed by atoms with Crippen LogP contribution in [-0.4, -0.2) is 5.78 Å². The third-order valence-corrected chi connectivity index (χ3v) is 5.03. The van der Waals surface area contributed by atoms with Crippen molar-refractivity contribution in [1.29, 1.82) is 0 Å². The molecule has 0 aromatic heterocycles. The van der Waals surface area contributed by atoms with Gasteiger partial charge in [0.05, 0.1) is 5.92 Å². The van der Waals surface area contributed by atoms with E-state index in [1.165, 1.54) is 5.56 Å². The molecule has 0 aliphatic heterocycles. The summed E-state index contributed by atoms with van der Waals surface area (Å²) >= 11 is 0. The minimum atomic E-state index is -0.115. The summed E-state index contributed by atoms with van der Waals surface area (Å²) in [4.78, 5) is 12.9. The molecule has 0 N–H and O–H groups in total. The summed E-state index contributed by atoms with van der Waals surface area (Å²) in [6, 6.07) is 24.0. The molecule has 0 spiro atoms. The standard InChI is InChI=1S/C24H18O/c1-3-18(17-14-12-16(2)13-15-17)23-19-8-4-6-10-21(19)24(25)22-11-7-5-9-20(22)23/h1,4-15,18,23H,2H3/t18-/m0/s1. The molecule has 25 heavy (non-hydrogen) atoms.